The van der Waals surface area contributed by atoms with Crippen LogP contribution >= 0.6 is 22.7 Å². The molecule has 11 rings (SSSR count). The van der Waals surface area contributed by atoms with Gasteiger partial charge < -0.3 is 9.80 Å². The quantitative estimate of drug-likeness (QED) is 0.169. The number of benzene rings is 6. The van der Waals surface area contributed by atoms with Crippen molar-refractivity contribution in [3.8, 4) is 10.4 Å². The van der Waals surface area contributed by atoms with E-state index in [0.29, 0.717) is 0 Å². The minimum atomic E-state index is 0.0844. The van der Waals surface area contributed by atoms with Crippen molar-refractivity contribution in [1.82, 2.24) is 0 Å². The van der Waals surface area contributed by atoms with Crippen molar-refractivity contribution in [3.05, 3.63) is 169 Å². The molecule has 4 heterocycles. The molecule has 2 nitrogen and oxygen atoms in total. The molecule has 5 heteroatoms. The van der Waals surface area contributed by atoms with Crippen molar-refractivity contribution in [3.63, 3.8) is 0 Å². The average Bonchev–Trinajstić information content (AvgIpc) is 3.77. The van der Waals surface area contributed by atoms with Gasteiger partial charge in [-0.15, -0.1) is 22.7 Å². The molecule has 0 saturated carbocycles. The summed E-state index contributed by atoms with van der Waals surface area (Å²) < 4.78 is 4.06. The second-order valence-corrected chi connectivity index (χ2v) is 16.2. The fraction of sp³-hybridized carbons (Fsp3) is 0.0638. The number of hydrogen-bond acceptors (Lipinski definition) is 4. The van der Waals surface area contributed by atoms with Crippen molar-refractivity contribution in [1.29, 1.82) is 0 Å². The van der Waals surface area contributed by atoms with Gasteiger partial charge >= 0.3 is 0 Å². The number of fused-ring (bicyclic) bond motifs is 7. The first-order valence-electron chi connectivity index (χ1n) is 18.1. The number of anilines is 6. The Bertz CT molecular complexity index is 2760. The molecular formula is C47H33BN2S2. The van der Waals surface area contributed by atoms with E-state index in [4.69, 9.17) is 0 Å². The summed E-state index contributed by atoms with van der Waals surface area (Å²) in [5, 5.41) is 2.66. The maximum absolute atomic E-state index is 2.58. The maximum atomic E-state index is 2.58. The lowest BCUT2D eigenvalue weighted by Gasteiger charge is -2.43. The highest BCUT2D eigenvalue weighted by molar-refractivity contribution is 7.33. The van der Waals surface area contributed by atoms with Gasteiger partial charge in [0, 0.05) is 63.8 Å². The third-order valence-corrected chi connectivity index (χ3v) is 13.3. The highest BCUT2D eigenvalue weighted by Crippen LogP contribution is 2.50. The van der Waals surface area contributed by atoms with Crippen LogP contribution in [0, 0.1) is 6.92 Å². The van der Waals surface area contributed by atoms with Crippen LogP contribution in [0.25, 0.3) is 36.2 Å². The standard InChI is InChI=1S/C47H33BN2S2/c1-30-26-39-44-40(27-30)50(34-22-12-5-13-23-34)45-35-24-14-15-25-41(35)52-47(45)48(44)37-28-36-42(29-38(37)49(39)33-20-10-4-11-21-33)51-46(32-18-8-3-9-19-32)43(36)31-16-6-2-7-17-31/h3-6,8-29H,2,7H2,1H3. The molecular weight excluding hydrogens is 667 g/mol. The first kappa shape index (κ1) is 30.1. The summed E-state index contributed by atoms with van der Waals surface area (Å²) in [5.41, 5.74) is 15.5. The summed E-state index contributed by atoms with van der Waals surface area (Å²) in [7, 11) is 0. The molecule has 3 aliphatic rings. The SMILES string of the molecule is Cc1cc2c3c(c1)N(c1ccccc1)c1c(sc4ccccc14)B3c1cc3c(C4=CCCC=C4)c(-c4ccccc4)sc3cc1N2c1ccccc1. The molecule has 52 heavy (non-hydrogen) atoms. The molecule has 8 aromatic rings. The number of para-hydroxylation sites is 2. The molecule has 2 aromatic heterocycles. The topological polar surface area (TPSA) is 6.48 Å². The number of hydrogen-bond donors (Lipinski definition) is 0. The summed E-state index contributed by atoms with van der Waals surface area (Å²) in [6, 6.07) is 51.8. The first-order chi connectivity index (χ1) is 25.7. The van der Waals surface area contributed by atoms with Crippen molar-refractivity contribution < 1.29 is 0 Å². The molecule has 0 fully saturated rings. The Labute approximate surface area is 312 Å². The average molecular weight is 701 g/mol. The predicted molar refractivity (Wildman–Crippen MR) is 228 cm³/mol. The third-order valence-electron chi connectivity index (χ3n) is 10.9. The molecule has 0 amide bonds. The first-order valence-corrected chi connectivity index (χ1v) is 19.8. The Hall–Kier alpha value is -5.62. The van der Waals surface area contributed by atoms with Crippen molar-refractivity contribution in [2.24, 2.45) is 0 Å². The number of rotatable bonds is 4. The summed E-state index contributed by atoms with van der Waals surface area (Å²) in [6.07, 6.45) is 9.31. The van der Waals surface area contributed by atoms with E-state index in [9.17, 15) is 0 Å². The fourth-order valence-corrected chi connectivity index (χ4v) is 11.3. The zero-order valence-corrected chi connectivity index (χ0v) is 30.3. The van der Waals surface area contributed by atoms with Crippen molar-refractivity contribution in [2.45, 2.75) is 19.8 Å². The predicted octanol–water partition coefficient (Wildman–Crippen LogP) is 11.9. The van der Waals surface area contributed by atoms with Crippen LogP contribution in [0.15, 0.2) is 158 Å². The normalized spacial score (nSPS) is 14.4. The van der Waals surface area contributed by atoms with E-state index in [1.54, 1.807) is 0 Å². The molecule has 0 saturated heterocycles. The lowest BCUT2D eigenvalue weighted by Crippen LogP contribution is -2.60. The van der Waals surface area contributed by atoms with Crippen LogP contribution in [0.3, 0.4) is 0 Å². The number of allylic oxidation sites excluding steroid dienone is 4. The fourth-order valence-electron chi connectivity index (χ4n) is 8.73. The lowest BCUT2D eigenvalue weighted by molar-refractivity contribution is 1.04. The van der Waals surface area contributed by atoms with Gasteiger partial charge in [-0.3, -0.25) is 0 Å². The van der Waals surface area contributed by atoms with Gasteiger partial charge in [0.2, 0.25) is 0 Å². The monoisotopic (exact) mass is 700 g/mol. The molecule has 0 radical (unpaired) electrons. The van der Waals surface area contributed by atoms with E-state index in [0.717, 1.165) is 12.8 Å². The smallest absolute Gasteiger partial charge is 0.264 e. The van der Waals surface area contributed by atoms with Gasteiger partial charge in [0.25, 0.3) is 6.71 Å². The minimum absolute atomic E-state index is 0.0844. The molecule has 2 aliphatic heterocycles. The van der Waals surface area contributed by atoms with Gasteiger partial charge in [-0.1, -0.05) is 109 Å². The van der Waals surface area contributed by atoms with E-state index in [-0.39, 0.29) is 6.71 Å². The van der Waals surface area contributed by atoms with Crippen LogP contribution in [-0.4, -0.2) is 6.71 Å². The summed E-state index contributed by atoms with van der Waals surface area (Å²) >= 11 is 3.89. The molecule has 0 spiro atoms. The van der Waals surface area contributed by atoms with Crippen LogP contribution in [0.1, 0.15) is 24.0 Å². The van der Waals surface area contributed by atoms with Crippen molar-refractivity contribution >= 4 is 105 Å². The van der Waals surface area contributed by atoms with E-state index < -0.39 is 0 Å². The zero-order valence-electron chi connectivity index (χ0n) is 28.7. The van der Waals surface area contributed by atoms with Crippen LogP contribution in [-0.2, 0) is 0 Å². The summed E-state index contributed by atoms with van der Waals surface area (Å²) in [4.78, 5) is 6.43. The van der Waals surface area contributed by atoms with E-state index in [2.05, 4.69) is 174 Å². The Morgan fingerprint density at radius 1 is 0.596 bits per heavy atom. The molecule has 0 atom stereocenters. The molecule has 1 aliphatic carbocycles. The third kappa shape index (κ3) is 4.43. The Morgan fingerprint density at radius 3 is 2.00 bits per heavy atom. The molecule has 6 aromatic carbocycles. The van der Waals surface area contributed by atoms with Crippen LogP contribution < -0.4 is 25.5 Å². The van der Waals surface area contributed by atoms with Gasteiger partial charge in [-0.05, 0) is 95.9 Å². The second-order valence-electron chi connectivity index (χ2n) is 14.0. The largest absolute Gasteiger partial charge is 0.311 e. The maximum Gasteiger partial charge on any atom is 0.264 e. The van der Waals surface area contributed by atoms with E-state index in [1.807, 2.05) is 22.7 Å². The number of nitrogens with zero attached hydrogens (tertiary/aromatic N) is 2. The van der Waals surface area contributed by atoms with E-state index >= 15 is 0 Å². The zero-order chi connectivity index (χ0) is 34.3. The Morgan fingerprint density at radius 2 is 1.27 bits per heavy atom. The van der Waals surface area contributed by atoms with Gasteiger partial charge in [0.1, 0.15) is 0 Å². The summed E-state index contributed by atoms with van der Waals surface area (Å²) in [5.74, 6) is 0. The highest BCUT2D eigenvalue weighted by Gasteiger charge is 2.45. The molecule has 0 bridgehead atoms. The van der Waals surface area contributed by atoms with Crippen LogP contribution in [0.5, 0.6) is 0 Å². The minimum Gasteiger partial charge on any atom is -0.311 e. The second kappa shape index (κ2) is 11.7. The van der Waals surface area contributed by atoms with Gasteiger partial charge in [0.15, 0.2) is 0 Å². The molecule has 0 N–H and O–H groups in total. The number of thiophene rings is 2. The lowest BCUT2D eigenvalue weighted by atomic mass is 9.36. The Balaban J connectivity index is 1.28. The van der Waals surface area contributed by atoms with Crippen LogP contribution in [0.2, 0.25) is 0 Å². The highest BCUT2D eigenvalue weighted by atomic mass is 32.1. The Kier molecular flexibility index (Phi) is 6.77. The van der Waals surface area contributed by atoms with Gasteiger partial charge in [-0.2, -0.15) is 0 Å². The van der Waals surface area contributed by atoms with E-state index in [1.165, 1.54) is 97.1 Å². The van der Waals surface area contributed by atoms with Gasteiger partial charge in [0.05, 0.1) is 5.69 Å². The van der Waals surface area contributed by atoms with Gasteiger partial charge in [-0.25, -0.2) is 0 Å². The number of aryl methyl sites for hydroxylation is 1. The van der Waals surface area contributed by atoms with Crippen molar-refractivity contribution in [2.75, 3.05) is 9.80 Å². The van der Waals surface area contributed by atoms with Crippen LogP contribution in [0.4, 0.5) is 34.1 Å². The molecule has 246 valence electrons. The molecule has 0 unspecified atom stereocenters. The summed E-state index contributed by atoms with van der Waals surface area (Å²) in [6.45, 7) is 2.34.